The molecule has 0 atom stereocenters. The maximum Gasteiger partial charge on any atom is 0.356 e. The molecule has 0 aliphatic carbocycles. The van der Waals surface area contributed by atoms with E-state index in [9.17, 15) is 4.79 Å². The number of ether oxygens (including phenoxy) is 1. The summed E-state index contributed by atoms with van der Waals surface area (Å²) < 4.78 is 4.79. The molecule has 1 aromatic carbocycles. The molecule has 0 radical (unpaired) electrons. The van der Waals surface area contributed by atoms with Crippen molar-refractivity contribution in [3.05, 3.63) is 34.9 Å². The SMILES string of the molecule is CCOC(=O)C(=N)c1cc(C)ccc1C. The highest BCUT2D eigenvalue weighted by Crippen LogP contribution is 2.11. The molecule has 0 bridgehead atoms. The van der Waals surface area contributed by atoms with Gasteiger partial charge in [0.1, 0.15) is 5.71 Å². The molecule has 3 nitrogen and oxygen atoms in total. The number of esters is 1. The van der Waals surface area contributed by atoms with E-state index in [4.69, 9.17) is 10.1 Å². The first-order valence-corrected chi connectivity index (χ1v) is 4.89. The number of hydrogen-bond donors (Lipinski definition) is 1. The van der Waals surface area contributed by atoms with Gasteiger partial charge in [0.2, 0.25) is 0 Å². The number of rotatable bonds is 3. The van der Waals surface area contributed by atoms with Crippen LogP contribution in [0.3, 0.4) is 0 Å². The first-order chi connectivity index (χ1) is 7.06. The Hall–Kier alpha value is -1.64. The van der Waals surface area contributed by atoms with Crippen LogP contribution in [0.25, 0.3) is 0 Å². The topological polar surface area (TPSA) is 50.2 Å². The molecule has 80 valence electrons. The molecule has 0 aliphatic heterocycles. The predicted molar refractivity (Wildman–Crippen MR) is 59.4 cm³/mol. The van der Waals surface area contributed by atoms with Crippen LogP contribution in [0.4, 0.5) is 0 Å². The number of aryl methyl sites for hydroxylation is 2. The van der Waals surface area contributed by atoms with Crippen LogP contribution >= 0.6 is 0 Å². The summed E-state index contributed by atoms with van der Waals surface area (Å²) in [7, 11) is 0. The monoisotopic (exact) mass is 205 g/mol. The van der Waals surface area contributed by atoms with Gasteiger partial charge in [0.25, 0.3) is 0 Å². The standard InChI is InChI=1S/C12H15NO2/c1-4-15-12(14)11(13)10-7-8(2)5-6-9(10)3/h5-7,13H,4H2,1-3H3. The van der Waals surface area contributed by atoms with Gasteiger partial charge >= 0.3 is 5.97 Å². The van der Waals surface area contributed by atoms with Gasteiger partial charge in [-0.25, -0.2) is 4.79 Å². The third kappa shape index (κ3) is 2.65. The fraction of sp³-hybridized carbons (Fsp3) is 0.333. The molecule has 0 spiro atoms. The van der Waals surface area contributed by atoms with Gasteiger partial charge in [-0.2, -0.15) is 0 Å². The Morgan fingerprint density at radius 1 is 1.40 bits per heavy atom. The summed E-state index contributed by atoms with van der Waals surface area (Å²) in [5, 5.41) is 7.70. The summed E-state index contributed by atoms with van der Waals surface area (Å²) in [6, 6.07) is 5.68. The van der Waals surface area contributed by atoms with E-state index in [2.05, 4.69) is 0 Å². The highest BCUT2D eigenvalue weighted by Gasteiger charge is 2.14. The van der Waals surface area contributed by atoms with Crippen LogP contribution in [0, 0.1) is 19.3 Å². The second-order valence-corrected chi connectivity index (χ2v) is 3.41. The van der Waals surface area contributed by atoms with Gasteiger partial charge in [-0.05, 0) is 32.4 Å². The van der Waals surface area contributed by atoms with Crippen molar-refractivity contribution in [3.8, 4) is 0 Å². The molecule has 15 heavy (non-hydrogen) atoms. The predicted octanol–water partition coefficient (Wildman–Crippen LogP) is 2.23. The van der Waals surface area contributed by atoms with Crippen LogP contribution in [0.1, 0.15) is 23.6 Å². The Balaban J connectivity index is 3.00. The van der Waals surface area contributed by atoms with Gasteiger partial charge in [0.05, 0.1) is 6.61 Å². The summed E-state index contributed by atoms with van der Waals surface area (Å²) in [5.74, 6) is -0.564. The summed E-state index contributed by atoms with van der Waals surface area (Å²) in [6.07, 6.45) is 0. The third-order valence-corrected chi connectivity index (χ3v) is 2.14. The lowest BCUT2D eigenvalue weighted by Gasteiger charge is -2.07. The number of nitrogens with one attached hydrogen (secondary N) is 1. The van der Waals surface area contributed by atoms with Crippen molar-refractivity contribution < 1.29 is 9.53 Å². The molecule has 0 saturated carbocycles. The summed E-state index contributed by atoms with van der Waals surface area (Å²) in [5.41, 5.74) is 2.52. The van der Waals surface area contributed by atoms with E-state index >= 15 is 0 Å². The molecule has 1 rings (SSSR count). The van der Waals surface area contributed by atoms with Gasteiger partial charge in [-0.15, -0.1) is 0 Å². The molecular formula is C12H15NO2. The molecule has 1 aromatic rings. The minimum Gasteiger partial charge on any atom is -0.461 e. The Morgan fingerprint density at radius 3 is 2.67 bits per heavy atom. The van der Waals surface area contributed by atoms with E-state index in [1.807, 2.05) is 32.0 Å². The van der Waals surface area contributed by atoms with Crippen molar-refractivity contribution in [1.29, 1.82) is 5.41 Å². The van der Waals surface area contributed by atoms with Crippen LogP contribution < -0.4 is 0 Å². The van der Waals surface area contributed by atoms with Crippen molar-refractivity contribution in [2.45, 2.75) is 20.8 Å². The lowest BCUT2D eigenvalue weighted by Crippen LogP contribution is -2.18. The maximum absolute atomic E-state index is 11.4. The normalized spacial score (nSPS) is 9.80. The average Bonchev–Trinajstić information content (AvgIpc) is 2.21. The van der Waals surface area contributed by atoms with E-state index in [1.165, 1.54) is 0 Å². The molecule has 0 heterocycles. The largest absolute Gasteiger partial charge is 0.461 e. The number of hydrogen-bond acceptors (Lipinski definition) is 3. The van der Waals surface area contributed by atoms with Gasteiger partial charge in [0.15, 0.2) is 0 Å². The number of carbonyl (C=O) groups is 1. The lowest BCUT2D eigenvalue weighted by molar-refractivity contribution is -0.135. The zero-order chi connectivity index (χ0) is 11.4. The van der Waals surface area contributed by atoms with E-state index in [1.54, 1.807) is 6.92 Å². The number of benzene rings is 1. The van der Waals surface area contributed by atoms with Gasteiger partial charge in [0, 0.05) is 5.56 Å². The molecular weight excluding hydrogens is 190 g/mol. The molecule has 1 N–H and O–H groups in total. The summed E-state index contributed by atoms with van der Waals surface area (Å²) in [4.78, 5) is 11.4. The lowest BCUT2D eigenvalue weighted by atomic mass is 10.0. The van der Waals surface area contributed by atoms with Crippen LogP contribution in [-0.4, -0.2) is 18.3 Å². The quantitative estimate of drug-likeness (QED) is 0.607. The van der Waals surface area contributed by atoms with Crippen LogP contribution in [0.15, 0.2) is 18.2 Å². The van der Waals surface area contributed by atoms with Gasteiger partial charge < -0.3 is 4.74 Å². The summed E-state index contributed by atoms with van der Waals surface area (Å²) in [6.45, 7) is 5.84. The summed E-state index contributed by atoms with van der Waals surface area (Å²) >= 11 is 0. The van der Waals surface area contributed by atoms with Crippen LogP contribution in [-0.2, 0) is 9.53 Å². The zero-order valence-electron chi connectivity index (χ0n) is 9.26. The maximum atomic E-state index is 11.4. The number of carbonyl (C=O) groups excluding carboxylic acids is 1. The molecule has 0 amide bonds. The Bertz CT molecular complexity index is 397. The molecule has 0 saturated heterocycles. The third-order valence-electron chi connectivity index (χ3n) is 2.14. The highest BCUT2D eigenvalue weighted by atomic mass is 16.5. The van der Waals surface area contributed by atoms with Gasteiger partial charge in [-0.3, -0.25) is 5.41 Å². The second kappa shape index (κ2) is 4.73. The van der Waals surface area contributed by atoms with E-state index in [0.29, 0.717) is 12.2 Å². The molecule has 0 aromatic heterocycles. The smallest absolute Gasteiger partial charge is 0.356 e. The van der Waals surface area contributed by atoms with Crippen LogP contribution in [0.5, 0.6) is 0 Å². The second-order valence-electron chi connectivity index (χ2n) is 3.41. The van der Waals surface area contributed by atoms with E-state index in [-0.39, 0.29) is 5.71 Å². The fourth-order valence-corrected chi connectivity index (χ4v) is 1.32. The van der Waals surface area contributed by atoms with Crippen LogP contribution in [0.2, 0.25) is 0 Å². The minimum atomic E-state index is -0.564. The molecule has 0 unspecified atom stereocenters. The van der Waals surface area contributed by atoms with Gasteiger partial charge in [-0.1, -0.05) is 17.7 Å². The van der Waals surface area contributed by atoms with Crippen molar-refractivity contribution in [3.63, 3.8) is 0 Å². The molecule has 3 heteroatoms. The Morgan fingerprint density at radius 2 is 2.07 bits per heavy atom. The first-order valence-electron chi connectivity index (χ1n) is 4.89. The van der Waals surface area contributed by atoms with E-state index < -0.39 is 5.97 Å². The van der Waals surface area contributed by atoms with E-state index in [0.717, 1.165) is 11.1 Å². The van der Waals surface area contributed by atoms with Crippen molar-refractivity contribution >= 4 is 11.7 Å². The first kappa shape index (κ1) is 11.4. The molecule has 0 fully saturated rings. The highest BCUT2D eigenvalue weighted by molar-refractivity contribution is 6.42. The minimum absolute atomic E-state index is 0.0712. The van der Waals surface area contributed by atoms with Crippen molar-refractivity contribution in [2.24, 2.45) is 0 Å². The zero-order valence-corrected chi connectivity index (χ0v) is 9.26. The average molecular weight is 205 g/mol. The Labute approximate surface area is 89.6 Å². The van der Waals surface area contributed by atoms with Crippen molar-refractivity contribution in [1.82, 2.24) is 0 Å². The van der Waals surface area contributed by atoms with Crippen molar-refractivity contribution in [2.75, 3.05) is 6.61 Å². The molecule has 0 aliphatic rings. The fourth-order valence-electron chi connectivity index (χ4n) is 1.32. The Kier molecular flexibility index (Phi) is 3.61.